The molecule has 21 heavy (non-hydrogen) atoms. The minimum Gasteiger partial charge on any atom is -0.328 e. The summed E-state index contributed by atoms with van der Waals surface area (Å²) in [4.78, 5) is 15.9. The van der Waals surface area contributed by atoms with Crippen molar-refractivity contribution in [1.82, 2.24) is 0 Å². The molecule has 0 atom stereocenters. The molecule has 0 saturated heterocycles. The molecule has 4 heteroatoms. The van der Waals surface area contributed by atoms with Crippen molar-refractivity contribution < 1.29 is 14.3 Å². The molecule has 0 saturated carbocycles. The van der Waals surface area contributed by atoms with E-state index in [-0.39, 0.29) is 10.8 Å². The highest BCUT2D eigenvalue weighted by atomic mass is 31.2. The van der Waals surface area contributed by atoms with Crippen LogP contribution in [0.3, 0.4) is 0 Å². The van der Waals surface area contributed by atoms with Crippen LogP contribution >= 0.6 is 8.60 Å². The second kappa shape index (κ2) is 8.24. The molecule has 0 spiro atoms. The first-order chi connectivity index (χ1) is 9.37. The Morgan fingerprint density at radius 1 is 0.905 bits per heavy atom. The van der Waals surface area contributed by atoms with Crippen LogP contribution in [0.25, 0.3) is 0 Å². The molecule has 0 heterocycles. The fourth-order valence-corrected chi connectivity index (χ4v) is 2.00. The topological polar surface area (TPSA) is 49.7 Å². The maximum Gasteiger partial charge on any atom is 0.327 e. The molecule has 3 nitrogen and oxygen atoms in total. The van der Waals surface area contributed by atoms with E-state index in [0.717, 1.165) is 0 Å². The fourth-order valence-electron chi connectivity index (χ4n) is 1.76. The first kappa shape index (κ1) is 20.5. The van der Waals surface area contributed by atoms with E-state index in [9.17, 15) is 0 Å². The fraction of sp³-hybridized carbons (Fsp3) is 0.647. The van der Waals surface area contributed by atoms with Gasteiger partial charge in [-0.3, -0.25) is 0 Å². The van der Waals surface area contributed by atoms with Gasteiger partial charge in [0.1, 0.15) is 0 Å². The zero-order chi connectivity index (χ0) is 16.8. The second-order valence-corrected chi connectivity index (χ2v) is 8.02. The van der Waals surface area contributed by atoms with Crippen LogP contribution in [0.15, 0.2) is 18.2 Å². The summed E-state index contributed by atoms with van der Waals surface area (Å²) in [6, 6.07) is 6.96. The Kier molecular flexibility index (Phi) is 8.05. The molecule has 0 fully saturated rings. The summed E-state index contributed by atoms with van der Waals surface area (Å²) in [6.07, 6.45) is 0. The monoisotopic (exact) mass is 314 g/mol. The van der Waals surface area contributed by atoms with Crippen LogP contribution < -0.4 is 0 Å². The van der Waals surface area contributed by atoms with Gasteiger partial charge in [0.15, 0.2) is 0 Å². The van der Waals surface area contributed by atoms with Gasteiger partial charge < -0.3 is 14.3 Å². The summed E-state index contributed by atoms with van der Waals surface area (Å²) in [6.45, 7) is 17.9. The summed E-state index contributed by atoms with van der Waals surface area (Å²) in [5.74, 6) is 0. The van der Waals surface area contributed by atoms with Crippen molar-refractivity contribution >= 4 is 8.60 Å². The third kappa shape index (κ3) is 8.53. The molecule has 2 N–H and O–H groups in total. The Labute approximate surface area is 131 Å². The van der Waals surface area contributed by atoms with Crippen LogP contribution in [-0.4, -0.2) is 16.4 Å². The van der Waals surface area contributed by atoms with Gasteiger partial charge in [0.2, 0.25) is 0 Å². The van der Waals surface area contributed by atoms with Gasteiger partial charge >= 0.3 is 8.60 Å². The third-order valence-electron chi connectivity index (χ3n) is 3.05. The van der Waals surface area contributed by atoms with Crippen LogP contribution in [0.5, 0.6) is 0 Å². The highest BCUT2D eigenvalue weighted by Crippen LogP contribution is 2.29. The van der Waals surface area contributed by atoms with Gasteiger partial charge in [0, 0.05) is 0 Å². The molecule has 0 aromatic heterocycles. The van der Waals surface area contributed by atoms with Gasteiger partial charge in [-0.1, -0.05) is 65.3 Å². The summed E-state index contributed by atoms with van der Waals surface area (Å²) in [5.41, 5.74) is 4.73. The van der Waals surface area contributed by atoms with E-state index < -0.39 is 8.60 Å². The van der Waals surface area contributed by atoms with Gasteiger partial charge in [-0.25, -0.2) is 0 Å². The van der Waals surface area contributed by atoms with E-state index >= 15 is 0 Å². The van der Waals surface area contributed by atoms with Crippen LogP contribution in [0.4, 0.5) is 0 Å². The second-order valence-electron chi connectivity index (χ2n) is 7.26. The summed E-state index contributed by atoms with van der Waals surface area (Å²) in [7, 11) is -2.10. The first-order valence-corrected chi connectivity index (χ1v) is 8.48. The lowest BCUT2D eigenvalue weighted by atomic mass is 9.80. The molecule has 1 aromatic rings. The number of benzene rings is 1. The van der Waals surface area contributed by atoms with E-state index in [2.05, 4.69) is 71.2 Å². The molecule has 0 aliphatic rings. The maximum absolute atomic E-state index is 7.95. The Morgan fingerprint density at radius 2 is 1.29 bits per heavy atom. The normalized spacial score (nSPS) is 12.1. The largest absolute Gasteiger partial charge is 0.328 e. The van der Waals surface area contributed by atoms with Crippen LogP contribution in [0.2, 0.25) is 0 Å². The van der Waals surface area contributed by atoms with Crippen molar-refractivity contribution in [2.45, 2.75) is 66.2 Å². The molecule has 0 aliphatic heterocycles. The van der Waals surface area contributed by atoms with Crippen molar-refractivity contribution in [3.63, 3.8) is 0 Å². The molecular weight excluding hydrogens is 283 g/mol. The van der Waals surface area contributed by atoms with E-state index in [1.165, 1.54) is 16.7 Å². The van der Waals surface area contributed by atoms with Crippen molar-refractivity contribution in [3.05, 3.63) is 34.9 Å². The average Bonchev–Trinajstić information content (AvgIpc) is 2.26. The standard InChI is InChI=1S/C15H24.C2H7O3P/c1-11-8-12(14(2,3)4)10-13(9-11)15(5,6)7;1-2-5-6(3)4/h8-10H,1-7H3;3-4H,2H2,1H3. The minimum absolute atomic E-state index is 0.242. The summed E-state index contributed by atoms with van der Waals surface area (Å²) in [5, 5.41) is 0. The number of hydrogen-bond acceptors (Lipinski definition) is 3. The van der Waals surface area contributed by atoms with Gasteiger partial charge in [0.25, 0.3) is 0 Å². The average molecular weight is 314 g/mol. The Morgan fingerprint density at radius 3 is 1.48 bits per heavy atom. The molecule has 1 rings (SSSR count). The van der Waals surface area contributed by atoms with Crippen LogP contribution in [0.1, 0.15) is 65.2 Å². The van der Waals surface area contributed by atoms with Crippen LogP contribution in [-0.2, 0) is 15.4 Å². The predicted octanol–water partition coefficient (Wildman–Crippen LogP) is 4.82. The Balaban J connectivity index is 0.000000567. The molecule has 0 unspecified atom stereocenters. The van der Waals surface area contributed by atoms with Crippen molar-refractivity contribution in [2.75, 3.05) is 6.61 Å². The quantitative estimate of drug-likeness (QED) is 0.769. The van der Waals surface area contributed by atoms with Crippen LogP contribution in [0, 0.1) is 6.92 Å². The zero-order valence-electron chi connectivity index (χ0n) is 14.7. The SMILES string of the molecule is CCOP(O)O.Cc1cc(C(C)(C)C)cc(C(C)(C)C)c1. The molecule has 0 bridgehead atoms. The number of rotatable bonds is 2. The summed E-state index contributed by atoms with van der Waals surface area (Å²) >= 11 is 0. The van der Waals surface area contributed by atoms with E-state index in [1.54, 1.807) is 6.92 Å². The van der Waals surface area contributed by atoms with Crippen molar-refractivity contribution in [3.8, 4) is 0 Å². The first-order valence-electron chi connectivity index (χ1n) is 7.31. The van der Waals surface area contributed by atoms with Gasteiger partial charge in [0.05, 0.1) is 6.61 Å². The lowest BCUT2D eigenvalue weighted by Crippen LogP contribution is -2.16. The Bertz CT molecular complexity index is 396. The summed E-state index contributed by atoms with van der Waals surface area (Å²) < 4.78 is 4.22. The van der Waals surface area contributed by atoms with Gasteiger partial charge in [-0.2, -0.15) is 0 Å². The van der Waals surface area contributed by atoms with Gasteiger partial charge in [-0.15, -0.1) is 0 Å². The molecule has 0 radical (unpaired) electrons. The molecule has 122 valence electrons. The third-order valence-corrected chi connectivity index (χ3v) is 3.54. The maximum atomic E-state index is 7.95. The van der Waals surface area contributed by atoms with E-state index in [4.69, 9.17) is 9.79 Å². The smallest absolute Gasteiger partial charge is 0.327 e. The Hall–Kier alpha value is -0.470. The molecular formula is C17H31O3P. The van der Waals surface area contributed by atoms with Gasteiger partial charge in [-0.05, 0) is 35.8 Å². The van der Waals surface area contributed by atoms with Crippen molar-refractivity contribution in [1.29, 1.82) is 0 Å². The molecule has 1 aromatic carbocycles. The number of hydrogen-bond donors (Lipinski definition) is 2. The molecule has 0 amide bonds. The van der Waals surface area contributed by atoms with E-state index in [0.29, 0.717) is 6.61 Å². The molecule has 0 aliphatic carbocycles. The van der Waals surface area contributed by atoms with E-state index in [1.807, 2.05) is 0 Å². The predicted molar refractivity (Wildman–Crippen MR) is 91.6 cm³/mol. The lowest BCUT2D eigenvalue weighted by molar-refractivity contribution is 0.269. The highest BCUT2D eigenvalue weighted by molar-refractivity contribution is 7.39. The number of aryl methyl sites for hydroxylation is 1. The zero-order valence-corrected chi connectivity index (χ0v) is 15.6. The minimum atomic E-state index is -2.10. The van der Waals surface area contributed by atoms with Crippen molar-refractivity contribution in [2.24, 2.45) is 0 Å². The lowest BCUT2D eigenvalue weighted by Gasteiger charge is -2.25. The highest BCUT2D eigenvalue weighted by Gasteiger charge is 2.19.